The molecule has 0 aliphatic rings. The maximum absolute atomic E-state index is 16.0. The van der Waals surface area contributed by atoms with Gasteiger partial charge in [-0.05, 0) is 50.6 Å². The highest BCUT2D eigenvalue weighted by Crippen LogP contribution is 2.35. The molecule has 0 saturated heterocycles. The van der Waals surface area contributed by atoms with Crippen LogP contribution in [0, 0.1) is 17.1 Å². The Bertz CT molecular complexity index is 1840. The Morgan fingerprint density at radius 2 is 2.02 bits per heavy atom. The molecule has 1 amide bonds. The number of anilines is 1. The Morgan fingerprint density at radius 3 is 2.67 bits per heavy atom. The van der Waals surface area contributed by atoms with Crippen LogP contribution in [0.1, 0.15) is 59.0 Å². The van der Waals surface area contributed by atoms with Gasteiger partial charge in [0.25, 0.3) is 0 Å². The number of thiazole rings is 1. The molecule has 4 aromatic rings. The highest BCUT2D eigenvalue weighted by molar-refractivity contribution is 7.12. The molecule has 0 aliphatic heterocycles. The lowest BCUT2D eigenvalue weighted by Crippen LogP contribution is -2.32. The van der Waals surface area contributed by atoms with Crippen molar-refractivity contribution in [1.29, 1.82) is 5.26 Å². The van der Waals surface area contributed by atoms with Gasteiger partial charge in [-0.2, -0.15) is 9.94 Å². The molecule has 2 heterocycles. The molecule has 242 valence electrons. The van der Waals surface area contributed by atoms with E-state index in [9.17, 15) is 29.9 Å². The third kappa shape index (κ3) is 7.78. The van der Waals surface area contributed by atoms with E-state index in [2.05, 4.69) is 31.8 Å². The largest absolute Gasteiger partial charge is 0.497 e. The average Bonchev–Trinajstić information content (AvgIpc) is 3.64. The van der Waals surface area contributed by atoms with Crippen LogP contribution >= 0.6 is 11.3 Å². The normalized spacial score (nSPS) is 11.8. The fourth-order valence-corrected chi connectivity index (χ4v) is 4.82. The molecular formula is C29H30FN7O8S. The smallest absolute Gasteiger partial charge is 0.407 e. The van der Waals surface area contributed by atoms with Crippen LogP contribution < -0.4 is 25.8 Å². The number of aromatic amines is 1. The van der Waals surface area contributed by atoms with Crippen LogP contribution in [-0.4, -0.2) is 67.9 Å². The van der Waals surface area contributed by atoms with E-state index in [1.807, 2.05) is 0 Å². The predicted molar refractivity (Wildman–Crippen MR) is 162 cm³/mol. The number of ether oxygens (including phenoxy) is 3. The van der Waals surface area contributed by atoms with Crippen molar-refractivity contribution in [2.45, 2.75) is 39.0 Å². The molecule has 0 saturated carbocycles. The van der Waals surface area contributed by atoms with Gasteiger partial charge >= 0.3 is 17.8 Å². The topological polar surface area (TPSA) is 214 Å². The molecule has 1 unspecified atom stereocenters. The summed E-state index contributed by atoms with van der Waals surface area (Å²) in [4.78, 5) is 43.3. The third-order valence-electron chi connectivity index (χ3n) is 6.15. The number of aliphatic hydroxyl groups excluding tert-OH is 1. The SMILES string of the molecule is COc1cc(OCCO)c(F)c(C(Nc2ccc(C#N)c(CNC(=O)OC(C)(C)C)c2)c2nn(-c3ncsc3C(=O)O)c(=O)[nH]2)c1. The van der Waals surface area contributed by atoms with Crippen LogP contribution in [0.25, 0.3) is 5.82 Å². The molecule has 4 rings (SSSR count). The van der Waals surface area contributed by atoms with Crippen LogP contribution in [0.3, 0.4) is 0 Å². The van der Waals surface area contributed by atoms with Gasteiger partial charge in [-0.1, -0.05) is 0 Å². The third-order valence-corrected chi connectivity index (χ3v) is 6.95. The number of aromatic carboxylic acids is 1. The number of carbonyl (C=O) groups is 2. The molecule has 0 fully saturated rings. The van der Waals surface area contributed by atoms with Gasteiger partial charge < -0.3 is 35.1 Å². The lowest BCUT2D eigenvalue weighted by Gasteiger charge is -2.22. The first kappa shape index (κ1) is 33.4. The number of benzene rings is 2. The summed E-state index contributed by atoms with van der Waals surface area (Å²) in [5, 5.41) is 38.4. The van der Waals surface area contributed by atoms with Crippen LogP contribution in [-0.2, 0) is 11.3 Å². The Kier molecular flexibility index (Phi) is 10.2. The van der Waals surface area contributed by atoms with Crippen molar-refractivity contribution in [2.24, 2.45) is 0 Å². The number of hydrogen-bond acceptors (Lipinski definition) is 12. The number of aliphatic hydroxyl groups is 1. The number of amides is 1. The minimum Gasteiger partial charge on any atom is -0.497 e. The highest BCUT2D eigenvalue weighted by atomic mass is 32.1. The Balaban J connectivity index is 1.81. The van der Waals surface area contributed by atoms with Gasteiger partial charge in [-0.25, -0.2) is 23.8 Å². The summed E-state index contributed by atoms with van der Waals surface area (Å²) in [6, 6.07) is 7.97. The summed E-state index contributed by atoms with van der Waals surface area (Å²) in [7, 11) is 1.35. The zero-order chi connectivity index (χ0) is 33.6. The number of alkyl carbamates (subject to hydrolysis) is 1. The van der Waals surface area contributed by atoms with Crippen molar-refractivity contribution in [3.63, 3.8) is 0 Å². The second kappa shape index (κ2) is 14.1. The summed E-state index contributed by atoms with van der Waals surface area (Å²) in [5.74, 6) is -2.66. The van der Waals surface area contributed by atoms with E-state index in [1.54, 1.807) is 26.8 Å². The molecule has 0 radical (unpaired) electrons. The maximum Gasteiger partial charge on any atom is 0.407 e. The number of carboxylic acid groups (broad SMARTS) is 1. The number of halogens is 1. The molecule has 2 aromatic heterocycles. The van der Waals surface area contributed by atoms with Gasteiger partial charge in [-0.3, -0.25) is 4.98 Å². The molecular weight excluding hydrogens is 625 g/mol. The molecule has 0 bridgehead atoms. The number of rotatable bonds is 12. The molecule has 1 atom stereocenters. The molecule has 46 heavy (non-hydrogen) atoms. The van der Waals surface area contributed by atoms with Gasteiger partial charge in [0, 0.05) is 23.9 Å². The average molecular weight is 656 g/mol. The van der Waals surface area contributed by atoms with E-state index in [1.165, 1.54) is 36.9 Å². The summed E-state index contributed by atoms with van der Waals surface area (Å²) >= 11 is 0.791. The molecule has 17 heteroatoms. The molecule has 0 spiro atoms. The number of methoxy groups -OCH3 is 1. The first-order valence-corrected chi connectivity index (χ1v) is 14.5. The Labute approximate surface area is 265 Å². The summed E-state index contributed by atoms with van der Waals surface area (Å²) in [6.07, 6.45) is -0.702. The van der Waals surface area contributed by atoms with Gasteiger partial charge in [0.15, 0.2) is 28.1 Å². The van der Waals surface area contributed by atoms with E-state index in [-0.39, 0.29) is 52.3 Å². The zero-order valence-electron chi connectivity index (χ0n) is 25.1. The van der Waals surface area contributed by atoms with Crippen molar-refractivity contribution >= 4 is 29.1 Å². The van der Waals surface area contributed by atoms with Gasteiger partial charge in [0.05, 0.1) is 30.9 Å². The second-order valence-electron chi connectivity index (χ2n) is 10.6. The van der Waals surface area contributed by atoms with E-state index in [4.69, 9.17) is 14.2 Å². The molecule has 2 aromatic carbocycles. The van der Waals surface area contributed by atoms with E-state index in [0.717, 1.165) is 16.0 Å². The summed E-state index contributed by atoms with van der Waals surface area (Å²) < 4.78 is 32.8. The van der Waals surface area contributed by atoms with Crippen molar-refractivity contribution in [3.05, 3.63) is 79.5 Å². The first-order chi connectivity index (χ1) is 21.8. The minimum absolute atomic E-state index is 0.0854. The van der Waals surface area contributed by atoms with E-state index in [0.29, 0.717) is 11.3 Å². The number of nitrogens with zero attached hydrogens (tertiary/aromatic N) is 4. The zero-order valence-corrected chi connectivity index (χ0v) is 25.9. The lowest BCUT2D eigenvalue weighted by molar-refractivity contribution is 0.0523. The van der Waals surface area contributed by atoms with Crippen LogP contribution in [0.4, 0.5) is 14.9 Å². The van der Waals surface area contributed by atoms with Crippen molar-refractivity contribution in [1.82, 2.24) is 25.1 Å². The predicted octanol–water partition coefficient (Wildman–Crippen LogP) is 3.33. The Morgan fingerprint density at radius 1 is 1.26 bits per heavy atom. The number of aromatic nitrogens is 4. The van der Waals surface area contributed by atoms with E-state index >= 15 is 4.39 Å². The number of carboxylic acids is 1. The number of nitriles is 1. The van der Waals surface area contributed by atoms with Gasteiger partial charge in [0.2, 0.25) is 0 Å². The van der Waals surface area contributed by atoms with Crippen molar-refractivity contribution in [2.75, 3.05) is 25.6 Å². The van der Waals surface area contributed by atoms with Crippen LogP contribution in [0.2, 0.25) is 0 Å². The van der Waals surface area contributed by atoms with Crippen molar-refractivity contribution < 1.29 is 38.4 Å². The van der Waals surface area contributed by atoms with Crippen LogP contribution in [0.5, 0.6) is 11.5 Å². The standard InChI is InChI=1S/C29H30FN7O8S/c1-29(2,3)45-28(42)32-13-16-9-17(6-5-15(16)12-31)34-22(19-10-18(43-4)11-20(21(19)30)44-8-7-38)24-35-27(41)37(36-24)25-23(26(39)40)46-14-33-25/h5-6,9-11,14,22,34,38H,7-8,13H2,1-4H3,(H,32,42)(H,39,40)(H,35,36,41). The van der Waals surface area contributed by atoms with Gasteiger partial charge in [0.1, 0.15) is 24.0 Å². The number of carbonyl (C=O) groups excluding carboxylic acids is 1. The summed E-state index contributed by atoms with van der Waals surface area (Å²) in [5.41, 5.74) is 0.491. The lowest BCUT2D eigenvalue weighted by atomic mass is 10.0. The molecule has 15 nitrogen and oxygen atoms in total. The number of nitrogens with one attached hydrogen (secondary N) is 3. The molecule has 5 N–H and O–H groups in total. The maximum atomic E-state index is 16.0. The first-order valence-electron chi connectivity index (χ1n) is 13.6. The fourth-order valence-electron chi connectivity index (χ4n) is 4.21. The fraction of sp³-hybridized carbons (Fsp3) is 0.310. The summed E-state index contributed by atoms with van der Waals surface area (Å²) in [6.45, 7) is 4.42. The monoisotopic (exact) mass is 655 g/mol. The van der Waals surface area contributed by atoms with Crippen LogP contribution in [0.15, 0.2) is 40.6 Å². The van der Waals surface area contributed by atoms with E-state index < -0.39 is 41.8 Å². The minimum atomic E-state index is -1.32. The Hall–Kier alpha value is -5.47. The highest BCUT2D eigenvalue weighted by Gasteiger charge is 2.28. The van der Waals surface area contributed by atoms with Crippen molar-refractivity contribution in [3.8, 4) is 23.4 Å². The molecule has 0 aliphatic carbocycles. The van der Waals surface area contributed by atoms with Gasteiger partial charge in [-0.15, -0.1) is 16.4 Å². The number of H-pyrrole nitrogens is 1. The number of hydrogen-bond donors (Lipinski definition) is 5. The second-order valence-corrected chi connectivity index (χ2v) is 11.4. The quantitative estimate of drug-likeness (QED) is 0.149.